The number of nitrogens with two attached hydrogens (primary N) is 1. The fourth-order valence-electron chi connectivity index (χ4n) is 5.79. The Morgan fingerprint density at radius 3 is 2.41 bits per heavy atom. The molecule has 0 radical (unpaired) electrons. The highest BCUT2D eigenvalue weighted by molar-refractivity contribution is 5.91. The number of hydrogen-bond donors (Lipinski definition) is 1. The molecular formula is C29H38N8O2. The number of likely N-dealkylation sites (N-methyl/N-ethyl adjacent to an activating group) is 1. The Labute approximate surface area is 229 Å². The van der Waals surface area contributed by atoms with Crippen LogP contribution in [0.2, 0.25) is 0 Å². The lowest BCUT2D eigenvalue weighted by atomic mass is 10.1. The van der Waals surface area contributed by atoms with E-state index in [1.54, 1.807) is 9.47 Å². The minimum Gasteiger partial charge on any atom is -0.397 e. The average Bonchev–Trinajstić information content (AvgIpc) is 2.91. The largest absolute Gasteiger partial charge is 0.397 e. The molecule has 39 heavy (non-hydrogen) atoms. The number of para-hydroxylation sites is 1. The number of fused-ring (bicyclic) bond motifs is 1. The number of benzene rings is 1. The summed E-state index contributed by atoms with van der Waals surface area (Å²) in [5.41, 5.74) is 9.43. The number of hydrogen-bond acceptors (Lipinski definition) is 8. The van der Waals surface area contributed by atoms with Crippen molar-refractivity contribution >= 4 is 34.3 Å². The van der Waals surface area contributed by atoms with E-state index in [1.165, 1.54) is 6.08 Å². The van der Waals surface area contributed by atoms with Crippen LogP contribution in [0.5, 0.6) is 0 Å². The van der Waals surface area contributed by atoms with Crippen LogP contribution in [0.1, 0.15) is 25.1 Å². The number of carbonyl (C=O) groups is 1. The molecule has 10 heteroatoms. The molecular weight excluding hydrogens is 492 g/mol. The normalized spacial score (nSPS) is 16.2. The first kappa shape index (κ1) is 26.7. The van der Waals surface area contributed by atoms with Gasteiger partial charge in [0.25, 0.3) is 5.56 Å². The summed E-state index contributed by atoms with van der Waals surface area (Å²) in [5.74, 6) is 1.23. The summed E-state index contributed by atoms with van der Waals surface area (Å²) in [6, 6.07) is 8.08. The van der Waals surface area contributed by atoms with Crippen molar-refractivity contribution in [2.45, 2.75) is 33.7 Å². The van der Waals surface area contributed by atoms with Crippen LogP contribution < -0.4 is 21.1 Å². The maximum Gasteiger partial charge on any atom is 0.282 e. The standard InChI is InChI=1S/C29H38N8O2/c1-6-24(38)34-12-14-35(15-13-34)27-22-16-20(5)37(26-19(4)10-9-11-23(26)30)28(39)25(22)31-29(32-27)36-17-21(18-36)33(7-2)8-3/h6,9-11,16,21H,1,7-8,12-15,17-18,30H2,2-5H3. The Kier molecular flexibility index (Phi) is 7.31. The average molecular weight is 531 g/mol. The Hall–Kier alpha value is -3.92. The van der Waals surface area contributed by atoms with Gasteiger partial charge in [-0.25, -0.2) is 4.98 Å². The van der Waals surface area contributed by atoms with E-state index in [0.717, 1.165) is 43.3 Å². The maximum atomic E-state index is 14.1. The van der Waals surface area contributed by atoms with Crippen LogP contribution in [0.3, 0.4) is 0 Å². The third-order valence-electron chi connectivity index (χ3n) is 8.06. The molecule has 10 nitrogen and oxygen atoms in total. The minimum atomic E-state index is -0.211. The van der Waals surface area contributed by atoms with Crippen LogP contribution in [0.15, 0.2) is 41.7 Å². The van der Waals surface area contributed by atoms with Gasteiger partial charge in [-0.2, -0.15) is 4.98 Å². The topological polar surface area (TPSA) is 104 Å². The van der Waals surface area contributed by atoms with E-state index in [0.29, 0.717) is 60.4 Å². The molecule has 2 aromatic heterocycles. The second-order valence-electron chi connectivity index (χ2n) is 10.3. The number of rotatable bonds is 7. The van der Waals surface area contributed by atoms with Crippen molar-refractivity contribution in [2.75, 3.05) is 67.9 Å². The number of carbonyl (C=O) groups excluding carboxylic acids is 1. The smallest absolute Gasteiger partial charge is 0.282 e. The number of piperazine rings is 1. The molecule has 4 heterocycles. The highest BCUT2D eigenvalue weighted by atomic mass is 16.2. The quantitative estimate of drug-likeness (QED) is 0.367. The predicted octanol–water partition coefficient (Wildman–Crippen LogP) is 2.34. The highest BCUT2D eigenvalue weighted by Gasteiger charge is 2.34. The Morgan fingerprint density at radius 1 is 1.10 bits per heavy atom. The molecule has 0 saturated carbocycles. The number of aromatic nitrogens is 3. The van der Waals surface area contributed by atoms with Crippen molar-refractivity contribution in [1.29, 1.82) is 0 Å². The van der Waals surface area contributed by atoms with Crippen LogP contribution in [0.4, 0.5) is 17.5 Å². The van der Waals surface area contributed by atoms with Crippen LogP contribution in [0.25, 0.3) is 16.6 Å². The lowest BCUT2D eigenvalue weighted by Crippen LogP contribution is -2.60. The zero-order valence-electron chi connectivity index (χ0n) is 23.4. The zero-order chi connectivity index (χ0) is 27.8. The summed E-state index contributed by atoms with van der Waals surface area (Å²) in [4.78, 5) is 44.7. The molecule has 5 rings (SSSR count). The first-order chi connectivity index (χ1) is 18.8. The van der Waals surface area contributed by atoms with Gasteiger partial charge in [0.2, 0.25) is 11.9 Å². The molecule has 2 saturated heterocycles. The molecule has 0 aliphatic carbocycles. The third kappa shape index (κ3) is 4.73. The van der Waals surface area contributed by atoms with Crippen LogP contribution in [0, 0.1) is 13.8 Å². The first-order valence-electron chi connectivity index (χ1n) is 13.7. The van der Waals surface area contributed by atoms with Crippen molar-refractivity contribution in [3.05, 3.63) is 58.5 Å². The molecule has 1 aromatic carbocycles. The van der Waals surface area contributed by atoms with Gasteiger partial charge in [0.15, 0.2) is 0 Å². The summed E-state index contributed by atoms with van der Waals surface area (Å²) < 4.78 is 1.67. The molecule has 3 aromatic rings. The SMILES string of the molecule is C=CC(=O)N1CCN(c2nc(N3CC(N(CC)CC)C3)nc3c(=O)n(-c4c(C)cccc4N)c(C)cc23)CC1. The Balaban J connectivity index is 1.62. The Morgan fingerprint density at radius 2 is 1.79 bits per heavy atom. The number of nitrogens with zero attached hydrogens (tertiary/aromatic N) is 7. The second-order valence-corrected chi connectivity index (χ2v) is 10.3. The van der Waals surface area contributed by atoms with E-state index in [-0.39, 0.29) is 11.5 Å². The second kappa shape index (κ2) is 10.7. The number of anilines is 3. The molecule has 2 aliphatic heterocycles. The van der Waals surface area contributed by atoms with E-state index in [1.807, 2.05) is 38.1 Å². The lowest BCUT2D eigenvalue weighted by molar-refractivity contribution is -0.126. The maximum absolute atomic E-state index is 14.1. The van der Waals surface area contributed by atoms with Crippen molar-refractivity contribution in [1.82, 2.24) is 24.3 Å². The molecule has 206 valence electrons. The van der Waals surface area contributed by atoms with Gasteiger partial charge in [-0.05, 0) is 50.7 Å². The highest BCUT2D eigenvalue weighted by Crippen LogP contribution is 2.31. The predicted molar refractivity (Wildman–Crippen MR) is 157 cm³/mol. The molecule has 2 N–H and O–H groups in total. The van der Waals surface area contributed by atoms with Gasteiger partial charge < -0.3 is 20.4 Å². The number of aryl methyl sites for hydroxylation is 2. The van der Waals surface area contributed by atoms with Crippen LogP contribution >= 0.6 is 0 Å². The fraction of sp³-hybridized carbons (Fsp3) is 0.448. The van der Waals surface area contributed by atoms with E-state index in [2.05, 4.69) is 35.1 Å². The molecule has 0 bridgehead atoms. The monoisotopic (exact) mass is 530 g/mol. The van der Waals surface area contributed by atoms with Crippen LogP contribution in [-0.4, -0.2) is 88.6 Å². The van der Waals surface area contributed by atoms with E-state index < -0.39 is 0 Å². The summed E-state index contributed by atoms with van der Waals surface area (Å²) in [6.07, 6.45) is 1.35. The first-order valence-corrected chi connectivity index (χ1v) is 13.7. The fourth-order valence-corrected chi connectivity index (χ4v) is 5.79. The summed E-state index contributed by atoms with van der Waals surface area (Å²) in [5, 5.41) is 0.717. The summed E-state index contributed by atoms with van der Waals surface area (Å²) >= 11 is 0. The van der Waals surface area contributed by atoms with E-state index >= 15 is 0 Å². The van der Waals surface area contributed by atoms with E-state index in [4.69, 9.17) is 15.7 Å². The molecule has 0 unspecified atom stereocenters. The molecule has 0 spiro atoms. The number of pyridine rings is 1. The minimum absolute atomic E-state index is 0.0690. The van der Waals surface area contributed by atoms with Crippen molar-refractivity contribution in [3.63, 3.8) is 0 Å². The van der Waals surface area contributed by atoms with Gasteiger partial charge in [0, 0.05) is 51.0 Å². The summed E-state index contributed by atoms with van der Waals surface area (Å²) in [7, 11) is 0. The third-order valence-corrected chi connectivity index (χ3v) is 8.06. The summed E-state index contributed by atoms with van der Waals surface area (Å²) in [6.45, 7) is 17.8. The number of nitrogen functional groups attached to an aromatic ring is 1. The van der Waals surface area contributed by atoms with Crippen LogP contribution in [-0.2, 0) is 4.79 Å². The lowest BCUT2D eigenvalue weighted by Gasteiger charge is -2.45. The van der Waals surface area contributed by atoms with Gasteiger partial charge in [0.1, 0.15) is 11.3 Å². The van der Waals surface area contributed by atoms with Crippen molar-refractivity contribution < 1.29 is 4.79 Å². The van der Waals surface area contributed by atoms with Crippen molar-refractivity contribution in [3.8, 4) is 5.69 Å². The molecule has 2 aliphatic rings. The van der Waals surface area contributed by atoms with Gasteiger partial charge >= 0.3 is 0 Å². The molecule has 0 atom stereocenters. The zero-order valence-corrected chi connectivity index (χ0v) is 23.4. The van der Waals surface area contributed by atoms with Crippen molar-refractivity contribution in [2.24, 2.45) is 0 Å². The van der Waals surface area contributed by atoms with Gasteiger partial charge in [0.05, 0.1) is 16.8 Å². The van der Waals surface area contributed by atoms with Gasteiger partial charge in [-0.1, -0.05) is 32.6 Å². The number of amides is 1. The van der Waals surface area contributed by atoms with Gasteiger partial charge in [-0.15, -0.1) is 0 Å². The van der Waals surface area contributed by atoms with Gasteiger partial charge in [-0.3, -0.25) is 19.1 Å². The molecule has 2 fully saturated rings. The Bertz CT molecular complexity index is 1440. The molecule has 1 amide bonds. The van der Waals surface area contributed by atoms with E-state index in [9.17, 15) is 9.59 Å².